The van der Waals surface area contributed by atoms with Gasteiger partial charge in [0.05, 0.1) is 8.07 Å². The molecule has 0 saturated carbocycles. The minimum absolute atomic E-state index is 0.420. The van der Waals surface area contributed by atoms with E-state index in [1.54, 1.807) is 24.3 Å². The number of hydrogen-bond donors (Lipinski definition) is 0. The zero-order valence-electron chi connectivity index (χ0n) is 18.1. The van der Waals surface area contributed by atoms with Crippen molar-refractivity contribution in [3.8, 4) is 0 Å². The summed E-state index contributed by atoms with van der Waals surface area (Å²) < 4.78 is 123. The second-order valence-electron chi connectivity index (χ2n) is 7.13. The lowest BCUT2D eigenvalue weighted by Gasteiger charge is -2.22. The number of anilines is 1. The molecule has 0 fully saturated rings. The van der Waals surface area contributed by atoms with E-state index in [4.69, 9.17) is 0 Å². The largest absolute Gasteiger partial charge is 0.522 e. The number of carbonyl (C=O) groups is 1. The van der Waals surface area contributed by atoms with Crippen LogP contribution in [0.3, 0.4) is 0 Å². The van der Waals surface area contributed by atoms with E-state index in [2.05, 4.69) is 24.4 Å². The van der Waals surface area contributed by atoms with Crippen molar-refractivity contribution in [3.63, 3.8) is 0 Å². The molecular weight excluding hydrogens is 511 g/mol. The fourth-order valence-electron chi connectivity index (χ4n) is 1.88. The van der Waals surface area contributed by atoms with Crippen molar-refractivity contribution in [2.45, 2.75) is 44.3 Å². The minimum Gasteiger partial charge on any atom is -0.284 e. The fourth-order valence-corrected chi connectivity index (χ4v) is 3.16. The third-order valence-electron chi connectivity index (χ3n) is 3.59. The Hall–Kier alpha value is -2.16. The van der Waals surface area contributed by atoms with Gasteiger partial charge in [0, 0.05) is 12.2 Å². The molecule has 0 bridgehead atoms. The molecule has 15 heteroatoms. The number of para-hydroxylation sites is 1. The summed E-state index contributed by atoms with van der Waals surface area (Å²) in [6, 6.07) is 9.94. The lowest BCUT2D eigenvalue weighted by molar-refractivity contribution is -0.352. The Kier molecular flexibility index (Phi) is 15.0. The molecule has 1 rings (SSSR count). The number of ether oxygens (including phenoxy) is 1. The normalized spacial score (nSPS) is 12.0. The first-order valence-corrected chi connectivity index (χ1v) is 12.6. The van der Waals surface area contributed by atoms with Crippen LogP contribution in [-0.4, -0.2) is 52.8 Å². The highest BCUT2D eigenvalue weighted by molar-refractivity contribution is 6.82. The number of carbonyl (C=O) groups excluding carboxylic acids is 1. The molecule has 1 aromatic rings. The van der Waals surface area contributed by atoms with Gasteiger partial charge in [-0.05, 0) is 18.6 Å². The van der Waals surface area contributed by atoms with E-state index in [1.165, 1.54) is 4.90 Å². The molecule has 0 aromatic heterocycles. The second-order valence-corrected chi connectivity index (χ2v) is 12.0. The summed E-state index contributed by atoms with van der Waals surface area (Å²) >= 11 is 0. The predicted octanol–water partition coefficient (Wildman–Crippen LogP) is 8.01. The Balaban J connectivity index is 0. The van der Waals surface area contributed by atoms with Gasteiger partial charge in [0.1, 0.15) is 0 Å². The minimum atomic E-state index is -5.21. The lowest BCUT2D eigenvalue weighted by atomic mass is 10.3. The van der Waals surface area contributed by atoms with Gasteiger partial charge in [0.2, 0.25) is 0 Å². The van der Waals surface area contributed by atoms with Gasteiger partial charge >= 0.3 is 24.9 Å². The lowest BCUT2D eigenvalue weighted by Crippen LogP contribution is -2.30. The number of hydrogen-bond acceptors (Lipinski definition) is 2. The van der Waals surface area contributed by atoms with E-state index >= 15 is 0 Å². The number of nitrogens with zero attached hydrogens (tertiary/aromatic N) is 1. The van der Waals surface area contributed by atoms with Crippen molar-refractivity contribution < 1.29 is 57.8 Å². The van der Waals surface area contributed by atoms with Gasteiger partial charge in [0.15, 0.2) is 13.3 Å². The SMILES string of the molecule is C=C[Si](C)(C)CCCN(C(=O)F)c1ccccc1.FC(F)(F)COC(F)(F)F.FCC(F)(F)F. The van der Waals surface area contributed by atoms with E-state index in [0.717, 1.165) is 12.5 Å². The van der Waals surface area contributed by atoms with Crippen molar-refractivity contribution in [1.82, 2.24) is 0 Å². The second kappa shape index (κ2) is 15.0. The van der Waals surface area contributed by atoms with Crippen molar-refractivity contribution in [1.29, 1.82) is 0 Å². The van der Waals surface area contributed by atoms with Crippen LogP contribution in [0.4, 0.5) is 58.8 Å². The standard InChI is InChI=1S/C14H20FNOSi.C3H2F6O.C2H2F4/c1-4-18(2,3)12-8-11-16(14(15)17)13-9-6-5-7-10-13;4-2(5,6)1-10-3(7,8)9;3-1-2(4,5)6/h4-7,9-10H,1,8,11-12H2,2-3H3;1H2;1H2. The quantitative estimate of drug-likeness (QED) is 0.153. The molecule has 0 aliphatic heterocycles. The van der Waals surface area contributed by atoms with Gasteiger partial charge in [-0.1, -0.05) is 37.3 Å². The highest BCUT2D eigenvalue weighted by Crippen LogP contribution is 2.22. The predicted molar refractivity (Wildman–Crippen MR) is 107 cm³/mol. The van der Waals surface area contributed by atoms with Crippen LogP contribution in [0.2, 0.25) is 19.1 Å². The average molecular weight is 535 g/mol. The van der Waals surface area contributed by atoms with Gasteiger partial charge < -0.3 is 0 Å². The number of rotatable bonds is 7. The molecule has 0 aliphatic rings. The van der Waals surface area contributed by atoms with Crippen LogP contribution >= 0.6 is 0 Å². The first-order chi connectivity index (χ1) is 15.2. The van der Waals surface area contributed by atoms with Crippen molar-refractivity contribution in [2.24, 2.45) is 0 Å². The van der Waals surface area contributed by atoms with E-state index in [0.29, 0.717) is 12.2 Å². The molecule has 0 spiro atoms. The molecule has 0 aliphatic carbocycles. The Morgan fingerprint density at radius 3 is 1.76 bits per heavy atom. The zero-order valence-corrected chi connectivity index (χ0v) is 19.1. The summed E-state index contributed by atoms with van der Waals surface area (Å²) in [6.07, 6.45) is -15.4. The average Bonchev–Trinajstić information content (AvgIpc) is 2.69. The van der Waals surface area contributed by atoms with E-state index in [1.807, 2.05) is 11.8 Å². The Labute approximate surface area is 190 Å². The first-order valence-electron chi connectivity index (χ1n) is 9.29. The Morgan fingerprint density at radius 2 is 1.47 bits per heavy atom. The number of alkyl halides is 10. The zero-order chi connectivity index (χ0) is 27.2. The molecule has 1 amide bonds. The molecule has 34 heavy (non-hydrogen) atoms. The molecule has 1 aromatic carbocycles. The van der Waals surface area contributed by atoms with Crippen LogP contribution in [0, 0.1) is 0 Å². The van der Waals surface area contributed by atoms with E-state index < -0.39 is 46.2 Å². The Bertz CT molecular complexity index is 691. The third-order valence-corrected chi connectivity index (χ3v) is 6.33. The summed E-state index contributed by atoms with van der Waals surface area (Å²) in [5.74, 6) is 0. The maximum absolute atomic E-state index is 13.0. The maximum Gasteiger partial charge on any atom is 0.522 e. The van der Waals surface area contributed by atoms with Gasteiger partial charge in [-0.2, -0.15) is 26.3 Å². The smallest absolute Gasteiger partial charge is 0.284 e. The van der Waals surface area contributed by atoms with Crippen LogP contribution in [-0.2, 0) is 4.74 Å². The molecular formula is C19H24F11NO2Si. The molecule has 198 valence electrons. The van der Waals surface area contributed by atoms with Gasteiger partial charge in [0.25, 0.3) is 0 Å². The molecule has 0 saturated heterocycles. The summed E-state index contributed by atoms with van der Waals surface area (Å²) in [6.45, 7) is 4.15. The molecule has 0 atom stereocenters. The highest BCUT2D eigenvalue weighted by Gasteiger charge is 2.37. The van der Waals surface area contributed by atoms with E-state index in [-0.39, 0.29) is 0 Å². The summed E-state index contributed by atoms with van der Waals surface area (Å²) in [5, 5.41) is 0. The van der Waals surface area contributed by atoms with E-state index in [9.17, 15) is 53.1 Å². The monoisotopic (exact) mass is 535 g/mol. The van der Waals surface area contributed by atoms with Crippen molar-refractivity contribution >= 4 is 19.9 Å². The molecule has 0 N–H and O–H groups in total. The number of benzene rings is 1. The van der Waals surface area contributed by atoms with Crippen LogP contribution in [0.5, 0.6) is 0 Å². The number of halogens is 11. The first kappa shape index (κ1) is 34.0. The molecule has 0 radical (unpaired) electrons. The van der Waals surface area contributed by atoms with Crippen molar-refractivity contribution in [2.75, 3.05) is 24.7 Å². The summed E-state index contributed by atoms with van der Waals surface area (Å²) in [5.41, 5.74) is 2.64. The topological polar surface area (TPSA) is 29.5 Å². The fraction of sp³-hybridized carbons (Fsp3) is 0.526. The highest BCUT2D eigenvalue weighted by atomic mass is 28.3. The molecule has 0 unspecified atom stereocenters. The maximum atomic E-state index is 13.0. The van der Waals surface area contributed by atoms with Crippen LogP contribution in [0.1, 0.15) is 6.42 Å². The van der Waals surface area contributed by atoms with Crippen LogP contribution < -0.4 is 4.90 Å². The summed E-state index contributed by atoms with van der Waals surface area (Å²) in [7, 11) is -1.38. The summed E-state index contributed by atoms with van der Waals surface area (Å²) in [4.78, 5) is 12.2. The molecule has 0 heterocycles. The van der Waals surface area contributed by atoms with Gasteiger partial charge in [-0.3, -0.25) is 9.64 Å². The number of amides is 1. The van der Waals surface area contributed by atoms with Crippen LogP contribution in [0.15, 0.2) is 42.6 Å². The van der Waals surface area contributed by atoms with Gasteiger partial charge in [-0.25, -0.2) is 9.18 Å². The molecule has 3 nitrogen and oxygen atoms in total. The third kappa shape index (κ3) is 21.7. The Morgan fingerprint density at radius 1 is 1.00 bits per heavy atom. The van der Waals surface area contributed by atoms with Crippen molar-refractivity contribution in [3.05, 3.63) is 42.6 Å². The van der Waals surface area contributed by atoms with Gasteiger partial charge in [-0.15, -0.1) is 29.8 Å². The van der Waals surface area contributed by atoms with Crippen LogP contribution in [0.25, 0.3) is 0 Å².